The van der Waals surface area contributed by atoms with Crippen LogP contribution in [0.2, 0.25) is 0 Å². The zero-order chi connectivity index (χ0) is 13.1. The van der Waals surface area contributed by atoms with Crippen LogP contribution in [0.4, 0.5) is 4.39 Å². The van der Waals surface area contributed by atoms with Crippen LogP contribution in [0, 0.1) is 5.82 Å². The van der Waals surface area contributed by atoms with Crippen molar-refractivity contribution in [1.29, 1.82) is 0 Å². The summed E-state index contributed by atoms with van der Waals surface area (Å²) in [4.78, 5) is 0. The van der Waals surface area contributed by atoms with Gasteiger partial charge in [-0.25, -0.2) is 4.39 Å². The Kier molecular flexibility index (Phi) is 4.56. The van der Waals surface area contributed by atoms with E-state index in [1.165, 1.54) is 19.2 Å². The highest BCUT2D eigenvalue weighted by atomic mass is 32.2. The van der Waals surface area contributed by atoms with Crippen molar-refractivity contribution in [3.05, 3.63) is 35.7 Å². The van der Waals surface area contributed by atoms with E-state index in [0.29, 0.717) is 11.3 Å². The molecule has 5 heteroatoms. The van der Waals surface area contributed by atoms with Gasteiger partial charge >= 0.3 is 0 Å². The van der Waals surface area contributed by atoms with Gasteiger partial charge in [0.05, 0.1) is 7.11 Å². The van der Waals surface area contributed by atoms with Crippen LogP contribution in [-0.2, 0) is 11.4 Å². The summed E-state index contributed by atoms with van der Waals surface area (Å²) in [7, 11) is 1.51. The van der Waals surface area contributed by atoms with Gasteiger partial charge in [0.15, 0.2) is 4.75 Å². The molecule has 0 aliphatic heterocycles. The molecule has 1 atom stereocenters. The predicted octanol–water partition coefficient (Wildman–Crippen LogP) is 2.25. The second kappa shape index (κ2) is 5.53. The molecule has 0 bridgehead atoms. The van der Waals surface area contributed by atoms with Gasteiger partial charge in [0.1, 0.15) is 11.6 Å². The first-order valence-corrected chi connectivity index (χ1v) is 6.27. The molecule has 0 aliphatic carbocycles. The van der Waals surface area contributed by atoms with E-state index in [-0.39, 0.29) is 5.82 Å². The molecule has 1 unspecified atom stereocenters. The second-order valence-electron chi connectivity index (χ2n) is 4.12. The molecule has 94 valence electrons. The minimum atomic E-state index is -1.48. The lowest BCUT2D eigenvalue weighted by atomic mass is 10.1. The zero-order valence-electron chi connectivity index (χ0n) is 10.1. The molecule has 1 aromatic rings. The lowest BCUT2D eigenvalue weighted by Crippen LogP contribution is -2.35. The standard InChI is InChI=1S/C12H16FNO2S/c1-12(2,17(14)15)7-6-9-8-10(13)4-5-11(9)16-3/h4-8H,14H2,1-3H3. The SMILES string of the molecule is COc1ccc(F)cc1C=CC(C)(C)[S+](N)[O-]. The fourth-order valence-corrected chi connectivity index (χ4v) is 1.40. The minimum Gasteiger partial charge on any atom is -0.598 e. The average Bonchev–Trinajstić information content (AvgIpc) is 2.26. The fraction of sp³-hybridized carbons (Fsp3) is 0.333. The maximum Gasteiger partial charge on any atom is 0.157 e. The molecule has 3 nitrogen and oxygen atoms in total. The lowest BCUT2D eigenvalue weighted by Gasteiger charge is -2.20. The fourth-order valence-electron chi connectivity index (χ4n) is 1.19. The summed E-state index contributed by atoms with van der Waals surface area (Å²) < 4.78 is 28.8. The third kappa shape index (κ3) is 3.73. The van der Waals surface area contributed by atoms with E-state index in [0.717, 1.165) is 0 Å². The molecule has 0 fully saturated rings. The molecule has 0 saturated heterocycles. The van der Waals surface area contributed by atoms with E-state index in [1.807, 2.05) is 0 Å². The summed E-state index contributed by atoms with van der Waals surface area (Å²) in [5.74, 6) is 0.207. The van der Waals surface area contributed by atoms with Gasteiger partial charge in [-0.3, -0.25) is 0 Å². The van der Waals surface area contributed by atoms with Crippen LogP contribution >= 0.6 is 0 Å². The molecule has 0 aromatic heterocycles. The third-order valence-electron chi connectivity index (χ3n) is 2.37. The molecule has 0 radical (unpaired) electrons. The Labute approximate surface area is 104 Å². The summed E-state index contributed by atoms with van der Waals surface area (Å²) in [5, 5.41) is 5.35. The van der Waals surface area contributed by atoms with Crippen molar-refractivity contribution in [1.82, 2.24) is 0 Å². The summed E-state index contributed by atoms with van der Waals surface area (Å²) >= 11 is -1.48. The highest BCUT2D eigenvalue weighted by Crippen LogP contribution is 2.23. The van der Waals surface area contributed by atoms with Crippen LogP contribution in [0.15, 0.2) is 24.3 Å². The summed E-state index contributed by atoms with van der Waals surface area (Å²) in [6.45, 7) is 3.48. The number of ether oxygens (including phenoxy) is 1. The first-order valence-electron chi connectivity index (χ1n) is 5.06. The van der Waals surface area contributed by atoms with Gasteiger partial charge in [-0.15, -0.1) is 0 Å². The molecule has 2 N–H and O–H groups in total. The monoisotopic (exact) mass is 257 g/mol. The van der Waals surface area contributed by atoms with Crippen molar-refractivity contribution in [2.45, 2.75) is 18.6 Å². The van der Waals surface area contributed by atoms with Crippen LogP contribution in [0.5, 0.6) is 5.75 Å². The molecular formula is C12H16FNO2S. The Bertz CT molecular complexity index is 419. The third-order valence-corrected chi connectivity index (χ3v) is 3.55. The van der Waals surface area contributed by atoms with Crippen molar-refractivity contribution >= 4 is 17.4 Å². The van der Waals surface area contributed by atoms with Gasteiger partial charge < -0.3 is 9.29 Å². The molecule has 0 aliphatic rings. The summed E-state index contributed by atoms with van der Waals surface area (Å²) in [6.07, 6.45) is 3.34. The van der Waals surface area contributed by atoms with Gasteiger partial charge in [-0.2, -0.15) is 5.14 Å². The van der Waals surface area contributed by atoms with Crippen molar-refractivity contribution in [2.24, 2.45) is 5.14 Å². The first-order chi connectivity index (χ1) is 7.86. The Balaban J connectivity index is 3.02. The van der Waals surface area contributed by atoms with Crippen molar-refractivity contribution in [3.8, 4) is 5.75 Å². The van der Waals surface area contributed by atoms with Gasteiger partial charge in [0.25, 0.3) is 0 Å². The summed E-state index contributed by atoms with van der Waals surface area (Å²) in [6, 6.07) is 4.22. The molecule has 0 spiro atoms. The molecule has 0 saturated carbocycles. The van der Waals surface area contributed by atoms with E-state index in [1.54, 1.807) is 32.1 Å². The van der Waals surface area contributed by atoms with Crippen LogP contribution < -0.4 is 9.88 Å². The molecular weight excluding hydrogens is 241 g/mol. The van der Waals surface area contributed by atoms with E-state index >= 15 is 0 Å². The van der Waals surface area contributed by atoms with Gasteiger partial charge in [0.2, 0.25) is 0 Å². The van der Waals surface area contributed by atoms with Crippen LogP contribution in [0.3, 0.4) is 0 Å². The number of hydrogen-bond donors (Lipinski definition) is 1. The Morgan fingerprint density at radius 2 is 2.12 bits per heavy atom. The largest absolute Gasteiger partial charge is 0.598 e. The number of benzene rings is 1. The molecule has 0 amide bonds. The zero-order valence-corrected chi connectivity index (χ0v) is 10.9. The molecule has 1 aromatic carbocycles. The van der Waals surface area contributed by atoms with E-state index < -0.39 is 16.1 Å². The van der Waals surface area contributed by atoms with Crippen LogP contribution in [0.1, 0.15) is 19.4 Å². The second-order valence-corrected chi connectivity index (χ2v) is 5.77. The normalized spacial score (nSPS) is 14.0. The van der Waals surface area contributed by atoms with E-state index in [4.69, 9.17) is 9.88 Å². The smallest absolute Gasteiger partial charge is 0.157 e. The number of hydrogen-bond acceptors (Lipinski definition) is 3. The lowest BCUT2D eigenvalue weighted by molar-refractivity contribution is 0.412. The van der Waals surface area contributed by atoms with Gasteiger partial charge in [-0.05, 0) is 44.2 Å². The highest BCUT2D eigenvalue weighted by Gasteiger charge is 2.26. The Morgan fingerprint density at radius 1 is 1.47 bits per heavy atom. The average molecular weight is 257 g/mol. The maximum atomic E-state index is 13.1. The number of nitrogens with two attached hydrogens (primary N) is 1. The summed E-state index contributed by atoms with van der Waals surface area (Å²) in [5.41, 5.74) is 0.589. The van der Waals surface area contributed by atoms with Crippen molar-refractivity contribution < 1.29 is 13.7 Å². The number of halogens is 1. The quantitative estimate of drug-likeness (QED) is 0.842. The maximum absolute atomic E-state index is 13.1. The minimum absolute atomic E-state index is 0.350. The van der Waals surface area contributed by atoms with Crippen molar-refractivity contribution in [3.63, 3.8) is 0 Å². The van der Waals surface area contributed by atoms with Crippen molar-refractivity contribution in [2.75, 3.05) is 7.11 Å². The van der Waals surface area contributed by atoms with Crippen LogP contribution in [0.25, 0.3) is 6.08 Å². The van der Waals surface area contributed by atoms with Gasteiger partial charge in [-0.1, -0.05) is 0 Å². The van der Waals surface area contributed by atoms with E-state index in [9.17, 15) is 8.94 Å². The predicted molar refractivity (Wildman–Crippen MR) is 68.4 cm³/mol. The number of rotatable bonds is 4. The first kappa shape index (κ1) is 14.0. The van der Waals surface area contributed by atoms with Crippen LogP contribution in [-0.4, -0.2) is 16.4 Å². The molecule has 1 rings (SSSR count). The number of methoxy groups -OCH3 is 1. The Hall–Kier alpha value is -1.04. The molecule has 17 heavy (non-hydrogen) atoms. The van der Waals surface area contributed by atoms with Gasteiger partial charge in [0, 0.05) is 16.9 Å². The Morgan fingerprint density at radius 3 is 2.65 bits per heavy atom. The topological polar surface area (TPSA) is 58.3 Å². The van der Waals surface area contributed by atoms with E-state index in [2.05, 4.69) is 0 Å². The highest BCUT2D eigenvalue weighted by molar-refractivity contribution is 7.90. The molecule has 0 heterocycles.